The van der Waals surface area contributed by atoms with Crippen LogP contribution in [0.2, 0.25) is 5.02 Å². The van der Waals surface area contributed by atoms with Gasteiger partial charge < -0.3 is 4.74 Å². The number of carbonyl (C=O) groups is 1. The van der Waals surface area contributed by atoms with Crippen LogP contribution >= 0.6 is 11.6 Å². The number of hydrogen-bond acceptors (Lipinski definition) is 4. The maximum atomic E-state index is 12.6. The SMILES string of the molecule is CC(=NNC(=O)c1ccccc1OCc1ccccc1Cl)c1ccc(C#N)cc1. The first-order valence-corrected chi connectivity index (χ1v) is 9.26. The number of halogens is 1. The Morgan fingerprint density at radius 2 is 1.76 bits per heavy atom. The molecule has 0 aromatic heterocycles. The van der Waals surface area contributed by atoms with Crippen molar-refractivity contribution in [3.05, 3.63) is 100 Å². The summed E-state index contributed by atoms with van der Waals surface area (Å²) in [6.45, 7) is 2.03. The highest BCUT2D eigenvalue weighted by Crippen LogP contribution is 2.22. The summed E-state index contributed by atoms with van der Waals surface area (Å²) in [5.41, 5.74) is 5.76. The van der Waals surface area contributed by atoms with Gasteiger partial charge in [0.2, 0.25) is 0 Å². The van der Waals surface area contributed by atoms with Crippen LogP contribution in [0.4, 0.5) is 0 Å². The average Bonchev–Trinajstić information content (AvgIpc) is 2.77. The molecule has 0 saturated carbocycles. The van der Waals surface area contributed by atoms with Crippen LogP contribution in [0.5, 0.6) is 5.75 Å². The van der Waals surface area contributed by atoms with E-state index >= 15 is 0 Å². The predicted octanol–water partition coefficient (Wildman–Crippen LogP) is 4.94. The van der Waals surface area contributed by atoms with Crippen molar-refractivity contribution in [1.29, 1.82) is 5.26 Å². The van der Waals surface area contributed by atoms with Gasteiger partial charge in [0.15, 0.2) is 0 Å². The minimum atomic E-state index is -0.382. The second-order valence-corrected chi connectivity index (χ2v) is 6.61. The molecule has 29 heavy (non-hydrogen) atoms. The van der Waals surface area contributed by atoms with Crippen LogP contribution in [-0.4, -0.2) is 11.6 Å². The van der Waals surface area contributed by atoms with Crippen LogP contribution in [0, 0.1) is 11.3 Å². The highest BCUT2D eigenvalue weighted by Gasteiger charge is 2.12. The van der Waals surface area contributed by atoms with Crippen LogP contribution < -0.4 is 10.2 Å². The third kappa shape index (κ3) is 5.22. The average molecular weight is 404 g/mol. The Hall–Kier alpha value is -3.62. The molecule has 0 atom stereocenters. The Morgan fingerprint density at radius 1 is 1.07 bits per heavy atom. The molecule has 0 aliphatic rings. The smallest absolute Gasteiger partial charge is 0.275 e. The van der Waals surface area contributed by atoms with E-state index < -0.39 is 0 Å². The Morgan fingerprint density at radius 3 is 2.48 bits per heavy atom. The van der Waals surface area contributed by atoms with Crippen LogP contribution in [0.15, 0.2) is 77.9 Å². The molecule has 0 radical (unpaired) electrons. The van der Waals surface area contributed by atoms with E-state index in [-0.39, 0.29) is 12.5 Å². The molecule has 0 heterocycles. The normalized spacial score (nSPS) is 10.9. The Labute approximate surface area is 174 Å². The number of ether oxygens (including phenoxy) is 1. The standard InChI is InChI=1S/C23H18ClN3O2/c1-16(18-12-10-17(14-25)11-13-18)26-27-23(28)20-7-3-5-9-22(20)29-15-19-6-2-4-8-21(19)24/h2-13H,15H2,1H3,(H,27,28). The van der Waals surface area contributed by atoms with Gasteiger partial charge in [0.05, 0.1) is 22.9 Å². The van der Waals surface area contributed by atoms with Crippen molar-refractivity contribution in [3.8, 4) is 11.8 Å². The van der Waals surface area contributed by atoms with Gasteiger partial charge in [0.25, 0.3) is 5.91 Å². The van der Waals surface area contributed by atoms with Gasteiger partial charge in [-0.3, -0.25) is 4.79 Å². The highest BCUT2D eigenvalue weighted by atomic mass is 35.5. The predicted molar refractivity (Wildman–Crippen MR) is 113 cm³/mol. The highest BCUT2D eigenvalue weighted by molar-refractivity contribution is 6.31. The van der Waals surface area contributed by atoms with Crippen LogP contribution in [-0.2, 0) is 6.61 Å². The topological polar surface area (TPSA) is 74.5 Å². The molecule has 3 aromatic rings. The zero-order valence-electron chi connectivity index (χ0n) is 15.7. The molecular formula is C23H18ClN3O2. The monoisotopic (exact) mass is 403 g/mol. The van der Waals surface area contributed by atoms with E-state index in [0.29, 0.717) is 27.6 Å². The van der Waals surface area contributed by atoms with E-state index in [2.05, 4.69) is 16.6 Å². The Bertz CT molecular complexity index is 1090. The number of rotatable bonds is 6. The fourth-order valence-electron chi connectivity index (χ4n) is 2.60. The number of carbonyl (C=O) groups excluding carboxylic acids is 1. The van der Waals surface area contributed by atoms with Crippen molar-refractivity contribution in [3.63, 3.8) is 0 Å². The Kier molecular flexibility index (Phi) is 6.62. The number of benzene rings is 3. The minimum absolute atomic E-state index is 0.248. The largest absolute Gasteiger partial charge is 0.488 e. The van der Waals surface area contributed by atoms with Crippen molar-refractivity contribution in [1.82, 2.24) is 5.43 Å². The van der Waals surface area contributed by atoms with Gasteiger partial charge >= 0.3 is 0 Å². The lowest BCUT2D eigenvalue weighted by molar-refractivity contribution is 0.0950. The summed E-state index contributed by atoms with van der Waals surface area (Å²) in [6, 6.07) is 23.4. The number of nitrogens with zero attached hydrogens (tertiary/aromatic N) is 2. The van der Waals surface area contributed by atoms with E-state index in [4.69, 9.17) is 21.6 Å². The molecule has 0 aliphatic heterocycles. The zero-order valence-corrected chi connectivity index (χ0v) is 16.5. The third-order valence-electron chi connectivity index (χ3n) is 4.23. The van der Waals surface area contributed by atoms with Crippen molar-refractivity contribution < 1.29 is 9.53 Å². The first kappa shape index (κ1) is 20.1. The van der Waals surface area contributed by atoms with Gasteiger partial charge in [0.1, 0.15) is 12.4 Å². The molecular weight excluding hydrogens is 386 g/mol. The molecule has 0 spiro atoms. The van der Waals surface area contributed by atoms with E-state index in [1.807, 2.05) is 18.2 Å². The number of nitriles is 1. The fourth-order valence-corrected chi connectivity index (χ4v) is 2.79. The molecule has 144 valence electrons. The molecule has 0 saturated heterocycles. The summed E-state index contributed by atoms with van der Waals surface area (Å²) >= 11 is 6.16. The van der Waals surface area contributed by atoms with Gasteiger partial charge in [-0.2, -0.15) is 10.4 Å². The summed E-state index contributed by atoms with van der Waals surface area (Å²) < 4.78 is 5.82. The first-order valence-electron chi connectivity index (χ1n) is 8.89. The first-order chi connectivity index (χ1) is 14.1. The molecule has 6 heteroatoms. The maximum absolute atomic E-state index is 12.6. The molecule has 0 unspecified atom stereocenters. The van der Waals surface area contributed by atoms with Crippen molar-refractivity contribution >= 4 is 23.2 Å². The van der Waals surface area contributed by atoms with E-state index in [1.54, 1.807) is 61.5 Å². The van der Waals surface area contributed by atoms with E-state index in [0.717, 1.165) is 11.1 Å². The summed E-state index contributed by atoms with van der Waals surface area (Å²) in [6.07, 6.45) is 0. The lowest BCUT2D eigenvalue weighted by Gasteiger charge is -2.11. The second-order valence-electron chi connectivity index (χ2n) is 6.20. The molecule has 1 N–H and O–H groups in total. The van der Waals surface area contributed by atoms with Crippen molar-refractivity contribution in [2.45, 2.75) is 13.5 Å². The maximum Gasteiger partial charge on any atom is 0.275 e. The van der Waals surface area contributed by atoms with Gasteiger partial charge in [-0.15, -0.1) is 0 Å². The molecule has 0 fully saturated rings. The number of hydrazone groups is 1. The summed E-state index contributed by atoms with van der Waals surface area (Å²) in [7, 11) is 0. The van der Waals surface area contributed by atoms with E-state index in [1.165, 1.54) is 0 Å². The lowest BCUT2D eigenvalue weighted by atomic mass is 10.1. The number of para-hydroxylation sites is 1. The number of hydrogen-bond donors (Lipinski definition) is 1. The molecule has 5 nitrogen and oxygen atoms in total. The van der Waals surface area contributed by atoms with Crippen LogP contribution in [0.3, 0.4) is 0 Å². The van der Waals surface area contributed by atoms with Gasteiger partial charge in [-0.1, -0.05) is 54.1 Å². The number of amides is 1. The summed E-state index contributed by atoms with van der Waals surface area (Å²) in [4.78, 5) is 12.6. The fraction of sp³-hybridized carbons (Fsp3) is 0.0870. The van der Waals surface area contributed by atoms with Crippen LogP contribution in [0.1, 0.15) is 34.0 Å². The van der Waals surface area contributed by atoms with Crippen molar-refractivity contribution in [2.75, 3.05) is 0 Å². The van der Waals surface area contributed by atoms with Gasteiger partial charge in [-0.05, 0) is 42.8 Å². The summed E-state index contributed by atoms with van der Waals surface area (Å²) in [5, 5.41) is 13.6. The molecule has 3 aromatic carbocycles. The summed E-state index contributed by atoms with van der Waals surface area (Å²) in [5.74, 6) is 0.0592. The minimum Gasteiger partial charge on any atom is -0.488 e. The molecule has 3 rings (SSSR count). The van der Waals surface area contributed by atoms with Crippen LogP contribution in [0.25, 0.3) is 0 Å². The Balaban J connectivity index is 1.70. The second kappa shape index (κ2) is 9.54. The third-order valence-corrected chi connectivity index (χ3v) is 4.60. The lowest BCUT2D eigenvalue weighted by Crippen LogP contribution is -2.20. The van der Waals surface area contributed by atoms with Gasteiger partial charge in [0, 0.05) is 10.6 Å². The quantitative estimate of drug-likeness (QED) is 0.467. The molecule has 0 bridgehead atoms. The van der Waals surface area contributed by atoms with E-state index in [9.17, 15) is 4.79 Å². The number of nitrogens with one attached hydrogen (secondary N) is 1. The zero-order chi connectivity index (χ0) is 20.6. The van der Waals surface area contributed by atoms with Crippen molar-refractivity contribution in [2.24, 2.45) is 5.10 Å². The molecule has 0 aliphatic carbocycles. The van der Waals surface area contributed by atoms with Gasteiger partial charge in [-0.25, -0.2) is 5.43 Å². The molecule has 1 amide bonds.